The van der Waals surface area contributed by atoms with Crippen LogP contribution >= 0.6 is 0 Å². The van der Waals surface area contributed by atoms with Gasteiger partial charge in [0, 0.05) is 12.6 Å². The molecule has 0 amide bonds. The zero-order valence-electron chi connectivity index (χ0n) is 10.6. The molecule has 1 unspecified atom stereocenters. The van der Waals surface area contributed by atoms with Crippen LogP contribution in [0.25, 0.3) is 0 Å². The number of rotatable bonds is 5. The Hall–Kier alpha value is -2.07. The molecule has 0 aromatic heterocycles. The van der Waals surface area contributed by atoms with Gasteiger partial charge in [-0.1, -0.05) is 30.3 Å². The van der Waals surface area contributed by atoms with Gasteiger partial charge in [0.15, 0.2) is 0 Å². The lowest BCUT2D eigenvalue weighted by Gasteiger charge is -2.14. The second kappa shape index (κ2) is 6.20. The average molecular weight is 261 g/mol. The van der Waals surface area contributed by atoms with E-state index in [0.717, 1.165) is 5.56 Å². The van der Waals surface area contributed by atoms with Crippen LogP contribution in [0.1, 0.15) is 11.7 Å². The van der Waals surface area contributed by atoms with Gasteiger partial charge in [-0.05, 0) is 17.7 Å². The third-order valence-electron chi connectivity index (χ3n) is 2.84. The summed E-state index contributed by atoms with van der Waals surface area (Å²) in [6.45, 7) is 0.230. The van der Waals surface area contributed by atoms with E-state index in [1.54, 1.807) is 12.1 Å². The molecule has 2 aromatic carbocycles. The van der Waals surface area contributed by atoms with Crippen LogP contribution in [-0.4, -0.2) is 18.8 Å². The first-order valence-corrected chi connectivity index (χ1v) is 6.01. The van der Waals surface area contributed by atoms with Crippen LogP contribution in [0.3, 0.4) is 0 Å². The SMILES string of the molecule is COc1ccc(F)c(NCC(O)c2ccccc2)c1. The van der Waals surface area contributed by atoms with Crippen LogP contribution in [0.15, 0.2) is 48.5 Å². The molecule has 100 valence electrons. The Balaban J connectivity index is 2.02. The lowest BCUT2D eigenvalue weighted by Crippen LogP contribution is -2.12. The lowest BCUT2D eigenvalue weighted by molar-refractivity contribution is 0.191. The van der Waals surface area contributed by atoms with Gasteiger partial charge < -0.3 is 15.2 Å². The van der Waals surface area contributed by atoms with Gasteiger partial charge in [0.2, 0.25) is 0 Å². The van der Waals surface area contributed by atoms with Gasteiger partial charge in [-0.3, -0.25) is 0 Å². The van der Waals surface area contributed by atoms with Crippen molar-refractivity contribution >= 4 is 5.69 Å². The van der Waals surface area contributed by atoms with Crippen molar-refractivity contribution in [2.45, 2.75) is 6.10 Å². The first-order valence-electron chi connectivity index (χ1n) is 6.01. The molecule has 3 nitrogen and oxygen atoms in total. The number of aliphatic hydroxyl groups excluding tert-OH is 1. The molecule has 19 heavy (non-hydrogen) atoms. The van der Waals surface area contributed by atoms with Crippen molar-refractivity contribution in [1.82, 2.24) is 0 Å². The molecule has 0 aliphatic rings. The number of hydrogen-bond donors (Lipinski definition) is 2. The summed E-state index contributed by atoms with van der Waals surface area (Å²) >= 11 is 0. The number of aliphatic hydroxyl groups is 1. The summed E-state index contributed by atoms with van der Waals surface area (Å²) in [6.07, 6.45) is -0.688. The quantitative estimate of drug-likeness (QED) is 0.869. The fourth-order valence-electron chi connectivity index (χ4n) is 1.77. The summed E-state index contributed by atoms with van der Waals surface area (Å²) in [7, 11) is 1.52. The maximum atomic E-state index is 13.6. The van der Waals surface area contributed by atoms with Crippen molar-refractivity contribution in [2.24, 2.45) is 0 Å². The zero-order chi connectivity index (χ0) is 13.7. The van der Waals surface area contributed by atoms with Gasteiger partial charge in [-0.25, -0.2) is 4.39 Å². The molecular weight excluding hydrogens is 245 g/mol. The maximum Gasteiger partial charge on any atom is 0.146 e. The van der Waals surface area contributed by atoms with E-state index in [4.69, 9.17) is 4.74 Å². The topological polar surface area (TPSA) is 41.5 Å². The highest BCUT2D eigenvalue weighted by Gasteiger charge is 2.09. The molecule has 0 aliphatic heterocycles. The monoisotopic (exact) mass is 261 g/mol. The van der Waals surface area contributed by atoms with E-state index in [1.165, 1.54) is 13.2 Å². The Bertz CT molecular complexity index is 531. The predicted octanol–water partition coefficient (Wildman–Crippen LogP) is 2.98. The summed E-state index contributed by atoms with van der Waals surface area (Å²) in [5.41, 5.74) is 1.10. The molecule has 2 N–H and O–H groups in total. The average Bonchev–Trinajstić information content (AvgIpc) is 2.47. The number of methoxy groups -OCH3 is 1. The molecule has 2 aromatic rings. The van der Waals surface area contributed by atoms with Crippen molar-refractivity contribution < 1.29 is 14.2 Å². The fourth-order valence-corrected chi connectivity index (χ4v) is 1.77. The van der Waals surface area contributed by atoms with Crippen LogP contribution in [0.5, 0.6) is 5.75 Å². The summed E-state index contributed by atoms with van der Waals surface area (Å²) in [5.74, 6) is 0.194. The first-order chi connectivity index (χ1) is 9.20. The molecule has 1 atom stereocenters. The van der Waals surface area contributed by atoms with Gasteiger partial charge in [-0.15, -0.1) is 0 Å². The van der Waals surface area contributed by atoms with Crippen LogP contribution in [-0.2, 0) is 0 Å². The lowest BCUT2D eigenvalue weighted by atomic mass is 10.1. The number of anilines is 1. The fraction of sp³-hybridized carbons (Fsp3) is 0.200. The molecule has 0 saturated carbocycles. The van der Waals surface area contributed by atoms with Gasteiger partial charge in [0.05, 0.1) is 18.9 Å². The third-order valence-corrected chi connectivity index (χ3v) is 2.84. The predicted molar refractivity (Wildman–Crippen MR) is 72.8 cm³/mol. The molecule has 0 saturated heterocycles. The molecule has 0 fully saturated rings. The molecule has 4 heteroatoms. The Morgan fingerprint density at radius 1 is 1.21 bits per heavy atom. The Labute approximate surface area is 111 Å². The van der Waals surface area contributed by atoms with E-state index in [2.05, 4.69) is 5.32 Å². The van der Waals surface area contributed by atoms with E-state index in [-0.39, 0.29) is 12.4 Å². The van der Waals surface area contributed by atoms with Crippen molar-refractivity contribution in [3.05, 3.63) is 59.9 Å². The standard InChI is InChI=1S/C15H16FNO2/c1-19-12-7-8-13(16)14(9-12)17-10-15(18)11-5-3-2-4-6-11/h2-9,15,17-18H,10H2,1H3. The molecule has 0 spiro atoms. The van der Waals surface area contributed by atoms with Crippen LogP contribution in [0.2, 0.25) is 0 Å². The smallest absolute Gasteiger partial charge is 0.146 e. The number of benzene rings is 2. The highest BCUT2D eigenvalue weighted by Crippen LogP contribution is 2.22. The van der Waals surface area contributed by atoms with Gasteiger partial charge in [0.1, 0.15) is 11.6 Å². The number of nitrogens with one attached hydrogen (secondary N) is 1. The van der Waals surface area contributed by atoms with E-state index in [1.807, 2.05) is 30.3 Å². The largest absolute Gasteiger partial charge is 0.497 e. The normalized spacial score (nSPS) is 11.9. The Morgan fingerprint density at radius 3 is 2.63 bits per heavy atom. The summed E-state index contributed by atoms with van der Waals surface area (Å²) in [5, 5.41) is 12.9. The molecule has 2 rings (SSSR count). The second-order valence-corrected chi connectivity index (χ2v) is 4.15. The van der Waals surface area contributed by atoms with E-state index in [9.17, 15) is 9.50 Å². The van der Waals surface area contributed by atoms with Crippen LogP contribution < -0.4 is 10.1 Å². The van der Waals surface area contributed by atoms with E-state index < -0.39 is 6.10 Å². The number of ether oxygens (including phenoxy) is 1. The van der Waals surface area contributed by atoms with Gasteiger partial charge in [0.25, 0.3) is 0 Å². The van der Waals surface area contributed by atoms with Crippen molar-refractivity contribution in [3.8, 4) is 5.75 Å². The highest BCUT2D eigenvalue weighted by molar-refractivity contribution is 5.49. The zero-order valence-corrected chi connectivity index (χ0v) is 10.6. The second-order valence-electron chi connectivity index (χ2n) is 4.15. The number of hydrogen-bond acceptors (Lipinski definition) is 3. The third kappa shape index (κ3) is 3.45. The highest BCUT2D eigenvalue weighted by atomic mass is 19.1. The molecule has 0 radical (unpaired) electrons. The molecule has 0 aliphatic carbocycles. The minimum Gasteiger partial charge on any atom is -0.497 e. The Morgan fingerprint density at radius 2 is 1.95 bits per heavy atom. The summed E-state index contributed by atoms with van der Waals surface area (Å²) < 4.78 is 18.6. The first kappa shape index (κ1) is 13.4. The minimum atomic E-state index is -0.688. The van der Waals surface area contributed by atoms with Crippen molar-refractivity contribution in [1.29, 1.82) is 0 Å². The molecular formula is C15H16FNO2. The number of halogens is 1. The molecule has 0 bridgehead atoms. The van der Waals surface area contributed by atoms with Gasteiger partial charge >= 0.3 is 0 Å². The van der Waals surface area contributed by atoms with Crippen molar-refractivity contribution in [2.75, 3.05) is 19.0 Å². The summed E-state index contributed by atoms with van der Waals surface area (Å²) in [6, 6.07) is 13.7. The van der Waals surface area contributed by atoms with Crippen molar-refractivity contribution in [3.63, 3.8) is 0 Å². The summed E-state index contributed by atoms with van der Waals surface area (Å²) in [4.78, 5) is 0. The minimum absolute atomic E-state index is 0.230. The van der Waals surface area contributed by atoms with Gasteiger partial charge in [-0.2, -0.15) is 0 Å². The maximum absolute atomic E-state index is 13.6. The molecule has 0 heterocycles. The van der Waals surface area contributed by atoms with E-state index in [0.29, 0.717) is 11.4 Å². The van der Waals surface area contributed by atoms with Crippen LogP contribution in [0.4, 0.5) is 10.1 Å². The van der Waals surface area contributed by atoms with E-state index >= 15 is 0 Å². The Kier molecular flexibility index (Phi) is 4.36. The van der Waals surface area contributed by atoms with Crippen LogP contribution in [0, 0.1) is 5.82 Å².